The predicted molar refractivity (Wildman–Crippen MR) is 68.4 cm³/mol. The Morgan fingerprint density at radius 3 is 2.84 bits per heavy atom. The summed E-state index contributed by atoms with van der Waals surface area (Å²) >= 11 is 0. The van der Waals surface area contributed by atoms with Gasteiger partial charge >= 0.3 is 5.97 Å². The number of rotatable bonds is 4. The van der Waals surface area contributed by atoms with Gasteiger partial charge in [0, 0.05) is 31.9 Å². The number of amides is 1. The molecule has 1 aliphatic heterocycles. The summed E-state index contributed by atoms with van der Waals surface area (Å²) in [6, 6.07) is -0.655. The minimum Gasteiger partial charge on any atom is -0.480 e. The third kappa shape index (κ3) is 3.56. The van der Waals surface area contributed by atoms with Crippen molar-refractivity contribution in [3.8, 4) is 0 Å². The monoisotopic (exact) mass is 265 g/mol. The van der Waals surface area contributed by atoms with E-state index in [0.717, 1.165) is 19.3 Å². The Labute approximate surface area is 112 Å². The zero-order valence-electron chi connectivity index (χ0n) is 10.9. The van der Waals surface area contributed by atoms with Gasteiger partial charge in [-0.1, -0.05) is 12.8 Å². The third-order valence-corrected chi connectivity index (χ3v) is 3.50. The smallest absolute Gasteiger partial charge is 0.326 e. The van der Waals surface area contributed by atoms with Crippen LogP contribution < -0.4 is 0 Å². The molecule has 19 heavy (non-hydrogen) atoms. The van der Waals surface area contributed by atoms with Gasteiger partial charge in [-0.25, -0.2) is 9.78 Å². The van der Waals surface area contributed by atoms with E-state index in [-0.39, 0.29) is 5.91 Å². The maximum Gasteiger partial charge on any atom is 0.326 e. The number of hydrogen-bond acceptors (Lipinski definition) is 3. The minimum absolute atomic E-state index is 0.0806. The summed E-state index contributed by atoms with van der Waals surface area (Å²) in [5.41, 5.74) is 0. The molecule has 1 aromatic heterocycles. The highest BCUT2D eigenvalue weighted by Gasteiger charge is 2.30. The number of carbonyl (C=O) groups is 2. The Morgan fingerprint density at radius 2 is 2.16 bits per heavy atom. The summed E-state index contributed by atoms with van der Waals surface area (Å²) < 4.78 is 1.82. The average molecular weight is 265 g/mol. The van der Waals surface area contributed by atoms with Crippen LogP contribution in [0, 0.1) is 0 Å². The molecule has 6 nitrogen and oxygen atoms in total. The highest BCUT2D eigenvalue weighted by Crippen LogP contribution is 2.18. The first-order valence-corrected chi connectivity index (χ1v) is 6.66. The number of carboxylic acid groups (broad SMARTS) is 1. The number of nitrogens with zero attached hydrogens (tertiary/aromatic N) is 3. The molecule has 1 N–H and O–H groups in total. The Kier molecular flexibility index (Phi) is 4.54. The van der Waals surface area contributed by atoms with E-state index in [1.807, 2.05) is 4.57 Å². The van der Waals surface area contributed by atoms with Crippen LogP contribution in [0.15, 0.2) is 18.7 Å². The first kappa shape index (κ1) is 13.6. The molecule has 1 amide bonds. The number of likely N-dealkylation sites (tertiary alicyclic amines) is 1. The van der Waals surface area contributed by atoms with E-state index >= 15 is 0 Å². The molecule has 1 fully saturated rings. The van der Waals surface area contributed by atoms with Crippen LogP contribution >= 0.6 is 0 Å². The maximum absolute atomic E-state index is 12.2. The van der Waals surface area contributed by atoms with Gasteiger partial charge in [0.15, 0.2) is 0 Å². The number of carboxylic acids is 1. The zero-order chi connectivity index (χ0) is 13.7. The lowest BCUT2D eigenvalue weighted by molar-refractivity contribution is -0.150. The van der Waals surface area contributed by atoms with E-state index in [1.165, 1.54) is 4.90 Å². The van der Waals surface area contributed by atoms with Crippen LogP contribution in [0.2, 0.25) is 0 Å². The van der Waals surface area contributed by atoms with Gasteiger partial charge in [-0.2, -0.15) is 0 Å². The van der Waals surface area contributed by atoms with Crippen LogP contribution in [0.3, 0.4) is 0 Å². The normalized spacial score (nSPS) is 20.0. The van der Waals surface area contributed by atoms with E-state index in [1.54, 1.807) is 18.7 Å². The second-order valence-electron chi connectivity index (χ2n) is 4.84. The molecule has 0 aliphatic carbocycles. The molecule has 1 aliphatic rings. The molecule has 2 rings (SSSR count). The standard InChI is InChI=1S/C13H19N3O3/c17-12(5-8-15-9-6-14-10-15)16-7-3-1-2-4-11(16)13(18)19/h6,9-11H,1-5,7-8H2,(H,18,19). The lowest BCUT2D eigenvalue weighted by Crippen LogP contribution is -2.44. The second kappa shape index (κ2) is 6.36. The Hall–Kier alpha value is -1.85. The summed E-state index contributed by atoms with van der Waals surface area (Å²) in [7, 11) is 0. The average Bonchev–Trinajstić information content (AvgIpc) is 2.77. The van der Waals surface area contributed by atoms with Gasteiger partial charge < -0.3 is 14.6 Å². The summed E-state index contributed by atoms with van der Waals surface area (Å²) in [5.74, 6) is -0.971. The third-order valence-electron chi connectivity index (χ3n) is 3.50. The molecule has 1 atom stereocenters. The van der Waals surface area contributed by atoms with Gasteiger partial charge in [0.05, 0.1) is 6.33 Å². The minimum atomic E-state index is -0.891. The zero-order valence-corrected chi connectivity index (χ0v) is 10.9. The molecule has 0 saturated carbocycles. The van der Waals surface area contributed by atoms with Crippen molar-refractivity contribution < 1.29 is 14.7 Å². The van der Waals surface area contributed by atoms with Crippen molar-refractivity contribution in [2.45, 2.75) is 44.7 Å². The van der Waals surface area contributed by atoms with Crippen molar-refractivity contribution >= 4 is 11.9 Å². The number of imidazole rings is 1. The molecule has 6 heteroatoms. The van der Waals surface area contributed by atoms with Gasteiger partial charge in [0.2, 0.25) is 5.91 Å². The van der Waals surface area contributed by atoms with Gasteiger partial charge in [0.1, 0.15) is 6.04 Å². The Morgan fingerprint density at radius 1 is 1.32 bits per heavy atom. The van der Waals surface area contributed by atoms with E-state index in [4.69, 9.17) is 0 Å². The van der Waals surface area contributed by atoms with E-state index in [2.05, 4.69) is 4.98 Å². The summed E-state index contributed by atoms with van der Waals surface area (Å²) in [4.78, 5) is 28.9. The van der Waals surface area contributed by atoms with Crippen LogP contribution in [0.1, 0.15) is 32.1 Å². The van der Waals surface area contributed by atoms with Gasteiger partial charge in [-0.3, -0.25) is 4.79 Å². The molecule has 2 heterocycles. The first-order chi connectivity index (χ1) is 9.18. The highest BCUT2D eigenvalue weighted by atomic mass is 16.4. The van der Waals surface area contributed by atoms with E-state index < -0.39 is 12.0 Å². The number of aromatic nitrogens is 2. The number of carbonyl (C=O) groups excluding carboxylic acids is 1. The SMILES string of the molecule is O=C(O)C1CCCCCN1C(=O)CCn1ccnc1. The van der Waals surface area contributed by atoms with Crippen molar-refractivity contribution in [2.75, 3.05) is 6.54 Å². The highest BCUT2D eigenvalue weighted by molar-refractivity contribution is 5.83. The van der Waals surface area contributed by atoms with E-state index in [9.17, 15) is 14.7 Å². The molecule has 1 aromatic rings. The van der Waals surface area contributed by atoms with Crippen molar-refractivity contribution in [3.05, 3.63) is 18.7 Å². The fourth-order valence-electron chi connectivity index (χ4n) is 2.45. The summed E-state index contributed by atoms with van der Waals surface area (Å²) in [5, 5.41) is 9.23. The molecule has 0 spiro atoms. The van der Waals surface area contributed by atoms with Crippen molar-refractivity contribution in [1.29, 1.82) is 0 Å². The van der Waals surface area contributed by atoms with Gasteiger partial charge in [0.25, 0.3) is 0 Å². The predicted octanol–water partition coefficient (Wildman–Crippen LogP) is 1.13. The second-order valence-corrected chi connectivity index (χ2v) is 4.84. The fourth-order valence-corrected chi connectivity index (χ4v) is 2.45. The number of aliphatic carboxylic acids is 1. The van der Waals surface area contributed by atoms with Crippen LogP contribution in [0.5, 0.6) is 0 Å². The van der Waals surface area contributed by atoms with Crippen LogP contribution in [0.4, 0.5) is 0 Å². The van der Waals surface area contributed by atoms with Crippen molar-refractivity contribution in [1.82, 2.24) is 14.5 Å². The molecule has 0 bridgehead atoms. The summed E-state index contributed by atoms with van der Waals surface area (Å²) in [6.45, 7) is 1.10. The quantitative estimate of drug-likeness (QED) is 0.885. The molecular weight excluding hydrogens is 246 g/mol. The number of hydrogen-bond donors (Lipinski definition) is 1. The Balaban J connectivity index is 1.96. The van der Waals surface area contributed by atoms with Gasteiger partial charge in [-0.15, -0.1) is 0 Å². The Bertz CT molecular complexity index is 430. The molecule has 0 aromatic carbocycles. The molecule has 104 valence electrons. The largest absolute Gasteiger partial charge is 0.480 e. The summed E-state index contributed by atoms with van der Waals surface area (Å²) in [6.07, 6.45) is 8.76. The first-order valence-electron chi connectivity index (χ1n) is 6.66. The fraction of sp³-hybridized carbons (Fsp3) is 0.615. The van der Waals surface area contributed by atoms with Crippen molar-refractivity contribution in [2.24, 2.45) is 0 Å². The lowest BCUT2D eigenvalue weighted by atomic mass is 10.1. The molecular formula is C13H19N3O3. The van der Waals surface area contributed by atoms with Crippen LogP contribution in [0.25, 0.3) is 0 Å². The van der Waals surface area contributed by atoms with Crippen LogP contribution in [-0.2, 0) is 16.1 Å². The van der Waals surface area contributed by atoms with Gasteiger partial charge in [-0.05, 0) is 12.8 Å². The van der Waals surface area contributed by atoms with Crippen LogP contribution in [-0.4, -0.2) is 44.0 Å². The number of aryl methyl sites for hydroxylation is 1. The lowest BCUT2D eigenvalue weighted by Gasteiger charge is -2.27. The topological polar surface area (TPSA) is 75.4 Å². The molecule has 1 saturated heterocycles. The molecule has 1 unspecified atom stereocenters. The molecule has 0 radical (unpaired) electrons. The van der Waals surface area contributed by atoms with Crippen molar-refractivity contribution in [3.63, 3.8) is 0 Å². The van der Waals surface area contributed by atoms with E-state index in [0.29, 0.717) is 25.9 Å². The maximum atomic E-state index is 12.2.